The monoisotopic (exact) mass is 266 g/mol. The van der Waals surface area contributed by atoms with E-state index in [1.807, 2.05) is 32.9 Å². The molecule has 1 rings (SSSR count). The fourth-order valence-corrected chi connectivity index (χ4v) is 1.86. The first kappa shape index (κ1) is 15.1. The van der Waals surface area contributed by atoms with Crippen LogP contribution in [0.5, 0.6) is 11.5 Å². The molecule has 1 aromatic rings. The van der Waals surface area contributed by atoms with Gasteiger partial charge in [0, 0.05) is 23.7 Å². The molecule has 19 heavy (non-hydrogen) atoms. The summed E-state index contributed by atoms with van der Waals surface area (Å²) in [6.07, 6.45) is 0. The molecule has 0 fully saturated rings. The van der Waals surface area contributed by atoms with Gasteiger partial charge in [0.05, 0.1) is 14.2 Å². The molecule has 2 amide bonds. The van der Waals surface area contributed by atoms with E-state index < -0.39 is 0 Å². The van der Waals surface area contributed by atoms with E-state index in [-0.39, 0.29) is 12.1 Å². The van der Waals surface area contributed by atoms with Crippen molar-refractivity contribution in [3.8, 4) is 11.5 Å². The first-order valence-corrected chi connectivity index (χ1v) is 6.24. The quantitative estimate of drug-likeness (QED) is 0.859. The van der Waals surface area contributed by atoms with E-state index in [9.17, 15) is 4.79 Å². The zero-order chi connectivity index (χ0) is 14.4. The van der Waals surface area contributed by atoms with Crippen LogP contribution in [0.4, 0.5) is 4.79 Å². The van der Waals surface area contributed by atoms with Crippen LogP contribution in [0.25, 0.3) is 0 Å². The van der Waals surface area contributed by atoms with E-state index in [4.69, 9.17) is 9.47 Å². The summed E-state index contributed by atoms with van der Waals surface area (Å²) in [6.45, 7) is 6.16. The van der Waals surface area contributed by atoms with E-state index in [1.165, 1.54) is 0 Å². The lowest BCUT2D eigenvalue weighted by Gasteiger charge is -2.15. The minimum atomic E-state index is -0.189. The van der Waals surface area contributed by atoms with Crippen molar-refractivity contribution >= 4 is 6.03 Å². The second-order valence-electron chi connectivity index (χ2n) is 4.57. The summed E-state index contributed by atoms with van der Waals surface area (Å²) in [7, 11) is 3.23. The molecule has 2 N–H and O–H groups in total. The third kappa shape index (κ3) is 4.05. The fourth-order valence-electron chi connectivity index (χ4n) is 1.86. The van der Waals surface area contributed by atoms with Gasteiger partial charge in [0.25, 0.3) is 0 Å². The highest BCUT2D eigenvalue weighted by atomic mass is 16.5. The van der Waals surface area contributed by atoms with Crippen LogP contribution in [0.15, 0.2) is 12.1 Å². The maximum absolute atomic E-state index is 11.5. The molecule has 0 saturated heterocycles. The van der Waals surface area contributed by atoms with Gasteiger partial charge in [-0.05, 0) is 32.9 Å². The molecule has 0 aliphatic carbocycles. The molecule has 1 aromatic carbocycles. The molecule has 0 atom stereocenters. The van der Waals surface area contributed by atoms with E-state index in [2.05, 4.69) is 10.6 Å². The van der Waals surface area contributed by atoms with Crippen molar-refractivity contribution in [2.24, 2.45) is 0 Å². The lowest BCUT2D eigenvalue weighted by Crippen LogP contribution is -2.39. The highest BCUT2D eigenvalue weighted by Crippen LogP contribution is 2.31. The molecular formula is C14H22N2O3. The van der Waals surface area contributed by atoms with Gasteiger partial charge in [-0.25, -0.2) is 4.79 Å². The van der Waals surface area contributed by atoms with E-state index in [1.54, 1.807) is 14.2 Å². The largest absolute Gasteiger partial charge is 0.496 e. The molecule has 0 unspecified atom stereocenters. The Morgan fingerprint density at radius 1 is 1.26 bits per heavy atom. The molecule has 0 aromatic heterocycles. The van der Waals surface area contributed by atoms with Gasteiger partial charge in [-0.2, -0.15) is 0 Å². The third-order valence-electron chi connectivity index (χ3n) is 2.72. The summed E-state index contributed by atoms with van der Waals surface area (Å²) in [4.78, 5) is 11.5. The Morgan fingerprint density at radius 2 is 1.95 bits per heavy atom. The van der Waals surface area contributed by atoms with Crippen LogP contribution in [-0.2, 0) is 6.54 Å². The summed E-state index contributed by atoms with van der Waals surface area (Å²) in [5, 5.41) is 5.57. The molecule has 0 radical (unpaired) electrons. The van der Waals surface area contributed by atoms with E-state index in [0.29, 0.717) is 6.54 Å². The highest BCUT2D eigenvalue weighted by molar-refractivity contribution is 5.74. The first-order chi connectivity index (χ1) is 8.99. The predicted molar refractivity (Wildman–Crippen MR) is 74.8 cm³/mol. The number of nitrogens with one attached hydrogen (secondary N) is 2. The molecular weight excluding hydrogens is 244 g/mol. The molecule has 0 spiro atoms. The molecule has 5 heteroatoms. The summed E-state index contributed by atoms with van der Waals surface area (Å²) < 4.78 is 10.6. The number of carbonyl (C=O) groups is 1. The maximum atomic E-state index is 11.5. The van der Waals surface area contributed by atoms with Crippen LogP contribution in [0, 0.1) is 6.92 Å². The Hall–Kier alpha value is -1.91. The van der Waals surface area contributed by atoms with Crippen molar-refractivity contribution in [2.45, 2.75) is 33.4 Å². The van der Waals surface area contributed by atoms with Gasteiger partial charge in [0.1, 0.15) is 11.5 Å². The zero-order valence-electron chi connectivity index (χ0n) is 12.2. The Bertz CT molecular complexity index is 445. The standard InChI is InChI=1S/C14H22N2O3/c1-9(2)16-14(17)15-8-11-6-7-12(18-4)10(3)13(11)19-5/h6-7,9H,8H2,1-5H3,(H2,15,16,17). The van der Waals surface area contributed by atoms with Gasteiger partial charge >= 0.3 is 6.03 Å². The fraction of sp³-hybridized carbons (Fsp3) is 0.500. The van der Waals surface area contributed by atoms with Crippen molar-refractivity contribution in [1.29, 1.82) is 0 Å². The molecule has 0 bridgehead atoms. The summed E-state index contributed by atoms with van der Waals surface area (Å²) in [5.74, 6) is 1.51. The van der Waals surface area contributed by atoms with Crippen LogP contribution in [-0.4, -0.2) is 26.3 Å². The number of carbonyl (C=O) groups excluding carboxylic acids is 1. The second kappa shape index (κ2) is 6.87. The van der Waals surface area contributed by atoms with Crippen molar-refractivity contribution in [3.63, 3.8) is 0 Å². The van der Waals surface area contributed by atoms with Gasteiger partial charge < -0.3 is 20.1 Å². The number of hydrogen-bond acceptors (Lipinski definition) is 3. The Morgan fingerprint density at radius 3 is 2.47 bits per heavy atom. The first-order valence-electron chi connectivity index (χ1n) is 6.24. The summed E-state index contributed by atoms with van der Waals surface area (Å²) in [5.41, 5.74) is 1.84. The van der Waals surface area contributed by atoms with Gasteiger partial charge in [0.2, 0.25) is 0 Å². The van der Waals surface area contributed by atoms with Gasteiger partial charge in [-0.15, -0.1) is 0 Å². The Kier molecular flexibility index (Phi) is 5.48. The van der Waals surface area contributed by atoms with Crippen molar-refractivity contribution < 1.29 is 14.3 Å². The lowest BCUT2D eigenvalue weighted by molar-refractivity contribution is 0.238. The average molecular weight is 266 g/mol. The van der Waals surface area contributed by atoms with Crippen molar-refractivity contribution in [2.75, 3.05) is 14.2 Å². The minimum Gasteiger partial charge on any atom is -0.496 e. The molecule has 0 aliphatic rings. The molecule has 106 valence electrons. The Labute approximate surface area is 114 Å². The number of urea groups is 1. The molecule has 0 heterocycles. The molecule has 0 saturated carbocycles. The third-order valence-corrected chi connectivity index (χ3v) is 2.72. The van der Waals surface area contributed by atoms with Crippen LogP contribution in [0.3, 0.4) is 0 Å². The number of amides is 2. The normalized spacial score (nSPS) is 10.2. The summed E-state index contributed by atoms with van der Waals surface area (Å²) >= 11 is 0. The Balaban J connectivity index is 2.79. The van der Waals surface area contributed by atoms with Crippen LogP contribution < -0.4 is 20.1 Å². The molecule has 5 nitrogen and oxygen atoms in total. The maximum Gasteiger partial charge on any atom is 0.315 e. The van der Waals surface area contributed by atoms with Gasteiger partial charge in [-0.3, -0.25) is 0 Å². The van der Waals surface area contributed by atoms with Crippen molar-refractivity contribution in [1.82, 2.24) is 10.6 Å². The number of hydrogen-bond donors (Lipinski definition) is 2. The highest BCUT2D eigenvalue weighted by Gasteiger charge is 2.12. The van der Waals surface area contributed by atoms with Crippen LogP contribution in [0.1, 0.15) is 25.0 Å². The predicted octanol–water partition coefficient (Wildman–Crippen LogP) is 2.22. The van der Waals surface area contributed by atoms with Gasteiger partial charge in [-0.1, -0.05) is 0 Å². The van der Waals surface area contributed by atoms with E-state index >= 15 is 0 Å². The van der Waals surface area contributed by atoms with E-state index in [0.717, 1.165) is 22.6 Å². The SMILES string of the molecule is COc1ccc(CNC(=O)NC(C)C)c(OC)c1C. The number of methoxy groups -OCH3 is 2. The number of rotatable bonds is 5. The average Bonchev–Trinajstić information content (AvgIpc) is 2.35. The minimum absolute atomic E-state index is 0.111. The van der Waals surface area contributed by atoms with Crippen LogP contribution >= 0.6 is 0 Å². The zero-order valence-corrected chi connectivity index (χ0v) is 12.2. The molecule has 0 aliphatic heterocycles. The van der Waals surface area contributed by atoms with Gasteiger partial charge in [0.15, 0.2) is 0 Å². The summed E-state index contributed by atoms with van der Waals surface area (Å²) in [6, 6.07) is 3.68. The number of ether oxygens (including phenoxy) is 2. The lowest BCUT2D eigenvalue weighted by atomic mass is 10.1. The van der Waals surface area contributed by atoms with Crippen molar-refractivity contribution in [3.05, 3.63) is 23.3 Å². The smallest absolute Gasteiger partial charge is 0.315 e. The van der Waals surface area contributed by atoms with Crippen LogP contribution in [0.2, 0.25) is 0 Å². The topological polar surface area (TPSA) is 59.6 Å². The number of benzene rings is 1. The second-order valence-corrected chi connectivity index (χ2v) is 4.57.